The van der Waals surface area contributed by atoms with Crippen molar-refractivity contribution in [3.63, 3.8) is 0 Å². The first-order chi connectivity index (χ1) is 6.22. The van der Waals surface area contributed by atoms with Crippen LogP contribution in [0.4, 0.5) is 5.69 Å². The Morgan fingerprint density at radius 2 is 2.38 bits per heavy atom. The van der Waals surface area contributed by atoms with Gasteiger partial charge in [0.1, 0.15) is 11.8 Å². The van der Waals surface area contributed by atoms with E-state index in [-0.39, 0.29) is 5.84 Å². The molecule has 1 aromatic carbocycles. The first kappa shape index (κ1) is 9.52. The van der Waals surface area contributed by atoms with Crippen molar-refractivity contribution in [1.29, 1.82) is 0 Å². The third kappa shape index (κ3) is 3.11. The lowest BCUT2D eigenvalue weighted by Gasteiger charge is -1.94. The van der Waals surface area contributed by atoms with Gasteiger partial charge in [0.25, 0.3) is 0 Å². The molecular weight excluding hydrogens is 188 g/mol. The third-order valence-corrected chi connectivity index (χ3v) is 1.51. The summed E-state index contributed by atoms with van der Waals surface area (Å²) in [7, 11) is 0. The Morgan fingerprint density at radius 1 is 1.62 bits per heavy atom. The van der Waals surface area contributed by atoms with E-state index in [1.807, 2.05) is 0 Å². The van der Waals surface area contributed by atoms with E-state index in [0.29, 0.717) is 10.7 Å². The standard InChI is InChI=1S/C9H7ClN2O/c10-7-2-1-3-8(6-7)12-9(11)4-5-13/h1-4,6H,(H2,11,12). The highest BCUT2D eigenvalue weighted by Gasteiger charge is 1.91. The molecule has 13 heavy (non-hydrogen) atoms. The van der Waals surface area contributed by atoms with Crippen LogP contribution in [0.1, 0.15) is 0 Å². The first-order valence-corrected chi connectivity index (χ1v) is 3.91. The summed E-state index contributed by atoms with van der Waals surface area (Å²) < 4.78 is 0. The zero-order chi connectivity index (χ0) is 9.68. The molecule has 0 saturated carbocycles. The zero-order valence-corrected chi connectivity index (χ0v) is 7.45. The summed E-state index contributed by atoms with van der Waals surface area (Å²) in [5.41, 5.74) is 5.96. The second kappa shape index (κ2) is 4.45. The molecule has 0 aromatic heterocycles. The number of benzene rings is 1. The molecule has 0 atom stereocenters. The molecule has 2 N–H and O–H groups in total. The van der Waals surface area contributed by atoms with Crippen molar-refractivity contribution < 1.29 is 4.79 Å². The van der Waals surface area contributed by atoms with E-state index in [9.17, 15) is 4.79 Å². The van der Waals surface area contributed by atoms with Crippen LogP contribution in [0.5, 0.6) is 0 Å². The molecule has 0 amide bonds. The van der Waals surface area contributed by atoms with Crippen LogP contribution in [0.3, 0.4) is 0 Å². The topological polar surface area (TPSA) is 55.5 Å². The second-order valence-corrected chi connectivity index (χ2v) is 2.72. The molecule has 0 bridgehead atoms. The Kier molecular flexibility index (Phi) is 3.26. The molecule has 0 aliphatic carbocycles. The fraction of sp³-hybridized carbons (Fsp3) is 0. The minimum atomic E-state index is 0.109. The number of nitrogens with zero attached hydrogens (tertiary/aromatic N) is 1. The smallest absolute Gasteiger partial charge is 0.135 e. The van der Waals surface area contributed by atoms with Crippen molar-refractivity contribution in [3.8, 4) is 0 Å². The summed E-state index contributed by atoms with van der Waals surface area (Å²) in [5.74, 6) is 1.65. The van der Waals surface area contributed by atoms with Crippen molar-refractivity contribution in [2.75, 3.05) is 0 Å². The molecule has 0 aliphatic heterocycles. The lowest BCUT2D eigenvalue weighted by molar-refractivity contribution is 0.569. The molecule has 0 radical (unpaired) electrons. The number of hydrogen-bond donors (Lipinski definition) is 1. The molecular formula is C9H7ClN2O. The first-order valence-electron chi connectivity index (χ1n) is 3.53. The number of hydrogen-bond acceptors (Lipinski definition) is 2. The summed E-state index contributed by atoms with van der Waals surface area (Å²) in [6.07, 6.45) is 1.06. The minimum absolute atomic E-state index is 0.109. The highest BCUT2D eigenvalue weighted by molar-refractivity contribution is 6.30. The van der Waals surface area contributed by atoms with E-state index in [1.54, 1.807) is 24.3 Å². The van der Waals surface area contributed by atoms with E-state index in [4.69, 9.17) is 17.3 Å². The maximum absolute atomic E-state index is 9.90. The van der Waals surface area contributed by atoms with Crippen LogP contribution in [0, 0.1) is 0 Å². The van der Waals surface area contributed by atoms with Gasteiger partial charge in [-0.2, -0.15) is 0 Å². The average molecular weight is 195 g/mol. The van der Waals surface area contributed by atoms with E-state index in [1.165, 1.54) is 5.94 Å². The van der Waals surface area contributed by atoms with Gasteiger partial charge >= 0.3 is 0 Å². The molecule has 1 aromatic rings. The summed E-state index contributed by atoms with van der Waals surface area (Å²) in [6.45, 7) is 0. The van der Waals surface area contributed by atoms with Crippen LogP contribution in [0.2, 0.25) is 5.02 Å². The number of rotatable bonds is 2. The number of nitrogens with two attached hydrogens (primary N) is 1. The predicted octanol–water partition coefficient (Wildman–Crippen LogP) is 1.72. The van der Waals surface area contributed by atoms with Gasteiger partial charge in [0, 0.05) is 5.02 Å². The fourth-order valence-electron chi connectivity index (χ4n) is 0.787. The van der Waals surface area contributed by atoms with Crippen LogP contribution in [0.25, 0.3) is 0 Å². The second-order valence-electron chi connectivity index (χ2n) is 2.28. The van der Waals surface area contributed by atoms with Gasteiger partial charge in [-0.05, 0) is 18.2 Å². The monoisotopic (exact) mass is 194 g/mol. The highest BCUT2D eigenvalue weighted by atomic mass is 35.5. The van der Waals surface area contributed by atoms with Crippen molar-refractivity contribution in [2.24, 2.45) is 10.7 Å². The van der Waals surface area contributed by atoms with E-state index in [2.05, 4.69) is 4.99 Å². The van der Waals surface area contributed by atoms with Crippen molar-refractivity contribution in [2.45, 2.75) is 0 Å². The van der Waals surface area contributed by atoms with E-state index in [0.717, 1.165) is 6.08 Å². The maximum Gasteiger partial charge on any atom is 0.135 e. The molecule has 0 spiro atoms. The summed E-state index contributed by atoms with van der Waals surface area (Å²) in [6, 6.07) is 6.86. The Bertz CT molecular complexity index is 381. The van der Waals surface area contributed by atoms with Crippen molar-refractivity contribution in [1.82, 2.24) is 0 Å². The minimum Gasteiger partial charge on any atom is -0.383 e. The van der Waals surface area contributed by atoms with Crippen LogP contribution >= 0.6 is 11.6 Å². The van der Waals surface area contributed by atoms with E-state index < -0.39 is 0 Å². The highest BCUT2D eigenvalue weighted by Crippen LogP contribution is 2.17. The zero-order valence-electron chi connectivity index (χ0n) is 6.70. The Balaban J connectivity index is 2.97. The Hall–Kier alpha value is -1.57. The number of amidine groups is 1. The van der Waals surface area contributed by atoms with Gasteiger partial charge in [-0.15, -0.1) is 0 Å². The van der Waals surface area contributed by atoms with Gasteiger partial charge in [0.2, 0.25) is 0 Å². The van der Waals surface area contributed by atoms with Gasteiger partial charge in [-0.25, -0.2) is 9.79 Å². The molecule has 3 nitrogen and oxygen atoms in total. The van der Waals surface area contributed by atoms with Crippen LogP contribution in [-0.4, -0.2) is 11.8 Å². The number of halogens is 1. The molecule has 0 aliphatic rings. The van der Waals surface area contributed by atoms with Gasteiger partial charge in [-0.1, -0.05) is 17.7 Å². The van der Waals surface area contributed by atoms with E-state index >= 15 is 0 Å². The van der Waals surface area contributed by atoms with Crippen LogP contribution < -0.4 is 5.73 Å². The van der Waals surface area contributed by atoms with Crippen LogP contribution in [0.15, 0.2) is 35.3 Å². The lowest BCUT2D eigenvalue weighted by atomic mass is 10.3. The largest absolute Gasteiger partial charge is 0.383 e. The van der Waals surface area contributed by atoms with Gasteiger partial charge in [0.15, 0.2) is 0 Å². The maximum atomic E-state index is 9.90. The Morgan fingerprint density at radius 3 is 3.00 bits per heavy atom. The van der Waals surface area contributed by atoms with Crippen LogP contribution in [-0.2, 0) is 4.79 Å². The van der Waals surface area contributed by atoms with Gasteiger partial charge < -0.3 is 5.73 Å². The molecule has 0 saturated heterocycles. The molecule has 0 unspecified atom stereocenters. The number of carbonyl (C=O) groups excluding carboxylic acids is 1. The van der Waals surface area contributed by atoms with Gasteiger partial charge in [0.05, 0.1) is 11.8 Å². The molecule has 4 heteroatoms. The lowest BCUT2D eigenvalue weighted by Crippen LogP contribution is -2.06. The Labute approximate surface area is 80.5 Å². The molecule has 1 rings (SSSR count). The summed E-state index contributed by atoms with van der Waals surface area (Å²) in [4.78, 5) is 13.8. The average Bonchev–Trinajstić information content (AvgIpc) is 2.04. The van der Waals surface area contributed by atoms with Gasteiger partial charge in [-0.3, -0.25) is 0 Å². The third-order valence-electron chi connectivity index (χ3n) is 1.27. The predicted molar refractivity (Wildman–Crippen MR) is 53.0 cm³/mol. The quantitative estimate of drug-likeness (QED) is 0.443. The van der Waals surface area contributed by atoms with Crippen molar-refractivity contribution in [3.05, 3.63) is 35.4 Å². The molecule has 66 valence electrons. The molecule has 0 heterocycles. The van der Waals surface area contributed by atoms with Crippen molar-refractivity contribution >= 4 is 29.1 Å². The summed E-state index contributed by atoms with van der Waals surface area (Å²) >= 11 is 5.71. The number of aliphatic imine (C=N–C) groups is 1. The normalized spacial score (nSPS) is 10.7. The molecule has 0 fully saturated rings. The fourth-order valence-corrected chi connectivity index (χ4v) is 0.972. The summed E-state index contributed by atoms with van der Waals surface area (Å²) in [5, 5.41) is 0.573. The SMILES string of the molecule is NC(C=C=O)=Nc1cccc(Cl)c1.